The van der Waals surface area contributed by atoms with Crippen molar-refractivity contribution in [3.63, 3.8) is 0 Å². The highest BCUT2D eigenvalue weighted by molar-refractivity contribution is 6.31. The molecule has 0 amide bonds. The standard InChI is InChI=1S/C14H7ClF4O/c15-11-7-3-5-9(12(11)16)13(20)8-4-1-2-6-10(8)14(17,18)19/h1-7H. The molecule has 0 radical (unpaired) electrons. The molecule has 0 aliphatic carbocycles. The van der Waals surface area contributed by atoms with Gasteiger partial charge < -0.3 is 0 Å². The van der Waals surface area contributed by atoms with Crippen LogP contribution in [0.15, 0.2) is 42.5 Å². The SMILES string of the molecule is O=C(c1ccccc1C(F)(F)F)c1cccc(Cl)c1F. The monoisotopic (exact) mass is 302 g/mol. The number of benzene rings is 2. The van der Waals surface area contributed by atoms with Gasteiger partial charge in [-0.1, -0.05) is 35.9 Å². The zero-order chi connectivity index (χ0) is 14.9. The summed E-state index contributed by atoms with van der Waals surface area (Å²) in [5.74, 6) is -2.09. The Kier molecular flexibility index (Phi) is 3.81. The van der Waals surface area contributed by atoms with Crippen LogP contribution in [0.1, 0.15) is 21.5 Å². The van der Waals surface area contributed by atoms with Gasteiger partial charge in [-0.05, 0) is 18.2 Å². The first-order chi connectivity index (χ1) is 9.32. The first-order valence-electron chi connectivity index (χ1n) is 5.47. The van der Waals surface area contributed by atoms with Crippen molar-refractivity contribution in [3.8, 4) is 0 Å². The van der Waals surface area contributed by atoms with Crippen molar-refractivity contribution in [3.05, 3.63) is 70.0 Å². The fourth-order valence-electron chi connectivity index (χ4n) is 1.75. The third-order valence-corrected chi connectivity index (χ3v) is 2.97. The van der Waals surface area contributed by atoms with Gasteiger partial charge in [-0.3, -0.25) is 4.79 Å². The number of rotatable bonds is 2. The minimum Gasteiger partial charge on any atom is -0.288 e. The molecule has 0 atom stereocenters. The Morgan fingerprint density at radius 3 is 2.20 bits per heavy atom. The lowest BCUT2D eigenvalue weighted by Crippen LogP contribution is -2.14. The highest BCUT2D eigenvalue weighted by Crippen LogP contribution is 2.33. The molecule has 0 heterocycles. The van der Waals surface area contributed by atoms with Crippen LogP contribution in [0.4, 0.5) is 17.6 Å². The summed E-state index contributed by atoms with van der Waals surface area (Å²) in [6, 6.07) is 7.83. The summed E-state index contributed by atoms with van der Waals surface area (Å²) in [6.07, 6.45) is -4.69. The lowest BCUT2D eigenvalue weighted by molar-refractivity contribution is -0.137. The van der Waals surface area contributed by atoms with Crippen molar-refractivity contribution in [2.24, 2.45) is 0 Å². The second-order valence-electron chi connectivity index (χ2n) is 3.97. The highest BCUT2D eigenvalue weighted by Gasteiger charge is 2.35. The molecule has 1 nitrogen and oxygen atoms in total. The van der Waals surface area contributed by atoms with Crippen LogP contribution in [-0.2, 0) is 6.18 Å². The quantitative estimate of drug-likeness (QED) is 0.579. The molecule has 0 bridgehead atoms. The minimum atomic E-state index is -4.69. The average molecular weight is 303 g/mol. The van der Waals surface area contributed by atoms with E-state index in [1.807, 2.05) is 0 Å². The van der Waals surface area contributed by atoms with Crippen LogP contribution < -0.4 is 0 Å². The maximum atomic E-state index is 13.7. The van der Waals surface area contributed by atoms with E-state index in [2.05, 4.69) is 0 Å². The predicted molar refractivity (Wildman–Crippen MR) is 66.3 cm³/mol. The van der Waals surface area contributed by atoms with Gasteiger partial charge in [-0.25, -0.2) is 4.39 Å². The summed E-state index contributed by atoms with van der Waals surface area (Å²) in [4.78, 5) is 12.1. The summed E-state index contributed by atoms with van der Waals surface area (Å²) in [5.41, 5.74) is -2.21. The van der Waals surface area contributed by atoms with Crippen molar-refractivity contribution in [1.82, 2.24) is 0 Å². The number of ketones is 1. The van der Waals surface area contributed by atoms with E-state index in [1.54, 1.807) is 0 Å². The molecular formula is C14H7ClF4O. The van der Waals surface area contributed by atoms with Crippen LogP contribution in [0.2, 0.25) is 5.02 Å². The Morgan fingerprint density at radius 1 is 0.950 bits per heavy atom. The number of hydrogen-bond donors (Lipinski definition) is 0. The Balaban J connectivity index is 2.58. The van der Waals surface area contributed by atoms with Crippen LogP contribution in [0, 0.1) is 5.82 Å². The van der Waals surface area contributed by atoms with Crippen molar-refractivity contribution in [2.75, 3.05) is 0 Å². The molecule has 0 unspecified atom stereocenters. The van der Waals surface area contributed by atoms with Crippen molar-refractivity contribution >= 4 is 17.4 Å². The molecule has 0 saturated heterocycles. The first kappa shape index (κ1) is 14.5. The zero-order valence-electron chi connectivity index (χ0n) is 9.84. The molecule has 0 spiro atoms. The van der Waals surface area contributed by atoms with E-state index in [0.29, 0.717) is 0 Å². The average Bonchev–Trinajstić information content (AvgIpc) is 2.40. The summed E-state index contributed by atoms with van der Waals surface area (Å²) in [7, 11) is 0. The summed E-state index contributed by atoms with van der Waals surface area (Å²) < 4.78 is 52.2. The lowest BCUT2D eigenvalue weighted by Gasteiger charge is -2.12. The molecule has 6 heteroatoms. The van der Waals surface area contributed by atoms with E-state index in [1.165, 1.54) is 18.2 Å². The molecule has 20 heavy (non-hydrogen) atoms. The molecule has 0 fully saturated rings. The van der Waals surface area contributed by atoms with Gasteiger partial charge in [-0.15, -0.1) is 0 Å². The van der Waals surface area contributed by atoms with Crippen molar-refractivity contribution in [2.45, 2.75) is 6.18 Å². The summed E-state index contributed by atoms with van der Waals surface area (Å²) in [5, 5.41) is -0.319. The Morgan fingerprint density at radius 2 is 1.55 bits per heavy atom. The van der Waals surface area contributed by atoms with E-state index in [4.69, 9.17) is 11.6 Å². The van der Waals surface area contributed by atoms with Gasteiger partial charge in [0, 0.05) is 5.56 Å². The van der Waals surface area contributed by atoms with Crippen molar-refractivity contribution in [1.29, 1.82) is 0 Å². The third kappa shape index (κ3) is 2.67. The smallest absolute Gasteiger partial charge is 0.288 e. The van der Waals surface area contributed by atoms with Gasteiger partial charge in [0.1, 0.15) is 0 Å². The number of carbonyl (C=O) groups excluding carboxylic acids is 1. The number of carbonyl (C=O) groups is 1. The normalized spacial score (nSPS) is 11.4. The Bertz CT molecular complexity index is 664. The third-order valence-electron chi connectivity index (χ3n) is 2.67. The van der Waals surface area contributed by atoms with Gasteiger partial charge in [0.25, 0.3) is 0 Å². The largest absolute Gasteiger partial charge is 0.417 e. The molecule has 2 aromatic rings. The second kappa shape index (κ2) is 5.25. The van der Waals surface area contributed by atoms with Crippen LogP contribution in [-0.4, -0.2) is 5.78 Å². The Labute approximate surface area is 116 Å². The first-order valence-corrected chi connectivity index (χ1v) is 5.85. The zero-order valence-corrected chi connectivity index (χ0v) is 10.6. The Hall–Kier alpha value is -1.88. The molecule has 2 rings (SSSR count). The van der Waals surface area contributed by atoms with E-state index < -0.39 is 34.5 Å². The fraction of sp³-hybridized carbons (Fsp3) is 0.0714. The maximum absolute atomic E-state index is 13.7. The molecule has 0 aliphatic rings. The van der Waals surface area contributed by atoms with Gasteiger partial charge in [0.05, 0.1) is 16.1 Å². The fourth-order valence-corrected chi connectivity index (χ4v) is 1.93. The summed E-state index contributed by atoms with van der Waals surface area (Å²) in [6.45, 7) is 0. The van der Waals surface area contributed by atoms with Gasteiger partial charge >= 0.3 is 6.18 Å². The molecular weight excluding hydrogens is 296 g/mol. The molecule has 0 aromatic heterocycles. The van der Waals surface area contributed by atoms with E-state index in [-0.39, 0.29) is 5.02 Å². The van der Waals surface area contributed by atoms with E-state index >= 15 is 0 Å². The van der Waals surface area contributed by atoms with Crippen LogP contribution in [0.3, 0.4) is 0 Å². The molecule has 0 saturated carbocycles. The topological polar surface area (TPSA) is 17.1 Å². The summed E-state index contributed by atoms with van der Waals surface area (Å²) >= 11 is 5.53. The molecule has 104 valence electrons. The van der Waals surface area contributed by atoms with Crippen LogP contribution in [0.5, 0.6) is 0 Å². The minimum absolute atomic E-state index is 0.319. The van der Waals surface area contributed by atoms with Crippen molar-refractivity contribution < 1.29 is 22.4 Å². The van der Waals surface area contributed by atoms with Gasteiger partial charge in [-0.2, -0.15) is 13.2 Å². The lowest BCUT2D eigenvalue weighted by atomic mass is 9.98. The van der Waals surface area contributed by atoms with Crippen LogP contribution >= 0.6 is 11.6 Å². The van der Waals surface area contributed by atoms with E-state index in [9.17, 15) is 22.4 Å². The predicted octanol–water partition coefficient (Wildman–Crippen LogP) is 4.73. The highest BCUT2D eigenvalue weighted by atomic mass is 35.5. The van der Waals surface area contributed by atoms with E-state index in [0.717, 1.165) is 24.3 Å². The van der Waals surface area contributed by atoms with Gasteiger partial charge in [0.2, 0.25) is 0 Å². The second-order valence-corrected chi connectivity index (χ2v) is 4.38. The number of alkyl halides is 3. The molecule has 2 aromatic carbocycles. The maximum Gasteiger partial charge on any atom is 0.417 e. The van der Waals surface area contributed by atoms with Crippen LogP contribution in [0.25, 0.3) is 0 Å². The number of halogens is 5. The number of hydrogen-bond acceptors (Lipinski definition) is 1. The van der Waals surface area contributed by atoms with Gasteiger partial charge in [0.15, 0.2) is 11.6 Å². The molecule has 0 aliphatic heterocycles. The molecule has 0 N–H and O–H groups in total.